The molecule has 4 rings (SSSR count). The number of ether oxygens (including phenoxy) is 1. The summed E-state index contributed by atoms with van der Waals surface area (Å²) in [5, 5.41) is 0. The van der Waals surface area contributed by atoms with E-state index in [1.807, 2.05) is 35.2 Å². The summed E-state index contributed by atoms with van der Waals surface area (Å²) in [7, 11) is 1.65. The van der Waals surface area contributed by atoms with Gasteiger partial charge in [0.25, 0.3) is 0 Å². The third kappa shape index (κ3) is 5.04. The van der Waals surface area contributed by atoms with Crippen LogP contribution in [-0.4, -0.2) is 44.1 Å². The average molecular weight is 414 g/mol. The summed E-state index contributed by atoms with van der Waals surface area (Å²) in [6.45, 7) is 3.34. The van der Waals surface area contributed by atoms with Crippen molar-refractivity contribution in [2.75, 3.05) is 33.3 Å². The van der Waals surface area contributed by atoms with Crippen molar-refractivity contribution in [1.29, 1.82) is 0 Å². The maximum atomic E-state index is 12.8. The van der Waals surface area contributed by atoms with Gasteiger partial charge in [-0.1, -0.05) is 78.9 Å². The van der Waals surface area contributed by atoms with Gasteiger partial charge >= 0.3 is 0 Å². The largest absolute Gasteiger partial charge is 0.496 e. The van der Waals surface area contributed by atoms with E-state index in [1.165, 1.54) is 16.0 Å². The zero-order chi connectivity index (χ0) is 21.5. The standard InChI is InChI=1S/C27H28N2O2/c1-31-25-15-9-8-10-22(25)16-17-26(30)28-18-20-29(21-19-28)27(23-11-4-2-5-12-23)24-13-6-3-7-14-24/h2-17,27H,18-21H2,1H3/p+1/b17-16+. The maximum absolute atomic E-state index is 12.8. The van der Waals surface area contributed by atoms with Crippen LogP contribution in [-0.2, 0) is 4.79 Å². The molecule has 4 nitrogen and oxygen atoms in total. The summed E-state index contributed by atoms with van der Waals surface area (Å²) in [6, 6.07) is 29.4. The van der Waals surface area contributed by atoms with Crippen molar-refractivity contribution in [2.45, 2.75) is 6.04 Å². The SMILES string of the molecule is COc1ccccc1/C=C/C(=O)N1CC[NH+](C(c2ccccc2)c2ccccc2)CC1. The number of nitrogens with zero attached hydrogens (tertiary/aromatic N) is 1. The molecule has 0 unspecified atom stereocenters. The van der Waals surface area contributed by atoms with Crippen molar-refractivity contribution in [3.8, 4) is 5.75 Å². The summed E-state index contributed by atoms with van der Waals surface area (Å²) in [4.78, 5) is 16.2. The molecule has 0 atom stereocenters. The van der Waals surface area contributed by atoms with Crippen LogP contribution < -0.4 is 9.64 Å². The molecule has 0 aromatic heterocycles. The molecule has 1 aliphatic rings. The van der Waals surface area contributed by atoms with Crippen LogP contribution in [0.25, 0.3) is 6.08 Å². The van der Waals surface area contributed by atoms with E-state index in [2.05, 4.69) is 60.7 Å². The third-order valence-corrected chi connectivity index (χ3v) is 5.94. The number of hydrogen-bond donors (Lipinski definition) is 1. The number of quaternary nitrogens is 1. The lowest BCUT2D eigenvalue weighted by atomic mass is 9.96. The minimum absolute atomic E-state index is 0.0564. The number of para-hydroxylation sites is 1. The number of amides is 1. The predicted octanol–water partition coefficient (Wildman–Crippen LogP) is 3.23. The molecule has 158 valence electrons. The van der Waals surface area contributed by atoms with Crippen LogP contribution in [0.1, 0.15) is 22.7 Å². The summed E-state index contributed by atoms with van der Waals surface area (Å²) in [5.41, 5.74) is 3.55. The third-order valence-electron chi connectivity index (χ3n) is 5.94. The zero-order valence-electron chi connectivity index (χ0n) is 17.9. The van der Waals surface area contributed by atoms with E-state index in [1.54, 1.807) is 13.2 Å². The molecule has 3 aromatic carbocycles. The van der Waals surface area contributed by atoms with Crippen molar-refractivity contribution in [1.82, 2.24) is 4.90 Å². The Hall–Kier alpha value is -3.37. The Morgan fingerprint density at radius 2 is 1.42 bits per heavy atom. The van der Waals surface area contributed by atoms with Gasteiger partial charge in [0.05, 0.1) is 33.3 Å². The van der Waals surface area contributed by atoms with Gasteiger partial charge in [0.1, 0.15) is 11.8 Å². The molecule has 0 aliphatic carbocycles. The number of benzene rings is 3. The highest BCUT2D eigenvalue weighted by atomic mass is 16.5. The highest BCUT2D eigenvalue weighted by Gasteiger charge is 2.30. The summed E-state index contributed by atoms with van der Waals surface area (Å²) in [6.07, 6.45) is 3.51. The smallest absolute Gasteiger partial charge is 0.246 e. The Morgan fingerprint density at radius 3 is 2.00 bits per heavy atom. The lowest BCUT2D eigenvalue weighted by molar-refractivity contribution is -0.929. The van der Waals surface area contributed by atoms with Gasteiger partial charge < -0.3 is 14.5 Å². The minimum atomic E-state index is 0.0564. The number of carbonyl (C=O) groups is 1. The Morgan fingerprint density at radius 1 is 0.871 bits per heavy atom. The molecule has 1 aliphatic heterocycles. The maximum Gasteiger partial charge on any atom is 0.246 e. The van der Waals surface area contributed by atoms with Crippen LogP contribution in [0.3, 0.4) is 0 Å². The summed E-state index contributed by atoms with van der Waals surface area (Å²) >= 11 is 0. The second-order valence-electron chi connectivity index (χ2n) is 7.81. The molecule has 3 aromatic rings. The molecular formula is C27H29N2O2+. The first-order chi connectivity index (χ1) is 15.3. The van der Waals surface area contributed by atoms with Crippen LogP contribution in [0.5, 0.6) is 5.75 Å². The molecule has 0 radical (unpaired) electrons. The molecule has 1 heterocycles. The van der Waals surface area contributed by atoms with Gasteiger partial charge in [0.2, 0.25) is 5.91 Å². The second kappa shape index (κ2) is 10.1. The van der Waals surface area contributed by atoms with E-state index in [0.29, 0.717) is 0 Å². The monoisotopic (exact) mass is 413 g/mol. The topological polar surface area (TPSA) is 34.0 Å². The molecule has 0 bridgehead atoms. The summed E-state index contributed by atoms with van der Waals surface area (Å²) in [5.74, 6) is 0.829. The minimum Gasteiger partial charge on any atom is -0.496 e. The van der Waals surface area contributed by atoms with Crippen molar-refractivity contribution >= 4 is 12.0 Å². The van der Waals surface area contributed by atoms with Crippen molar-refractivity contribution in [3.05, 3.63) is 108 Å². The van der Waals surface area contributed by atoms with E-state index in [4.69, 9.17) is 4.74 Å². The second-order valence-corrected chi connectivity index (χ2v) is 7.81. The normalized spacial score (nSPS) is 14.8. The highest BCUT2D eigenvalue weighted by molar-refractivity contribution is 5.92. The van der Waals surface area contributed by atoms with Crippen molar-refractivity contribution in [2.24, 2.45) is 0 Å². The fourth-order valence-electron chi connectivity index (χ4n) is 4.33. The first-order valence-electron chi connectivity index (χ1n) is 10.8. The first-order valence-corrected chi connectivity index (χ1v) is 10.8. The Balaban J connectivity index is 1.44. The molecule has 1 fully saturated rings. The van der Waals surface area contributed by atoms with Gasteiger partial charge in [-0.05, 0) is 12.1 Å². The fourth-order valence-corrected chi connectivity index (χ4v) is 4.33. The molecule has 0 saturated carbocycles. The number of piperazine rings is 1. The molecule has 4 heteroatoms. The van der Waals surface area contributed by atoms with E-state index < -0.39 is 0 Å². The lowest BCUT2D eigenvalue weighted by Gasteiger charge is -2.36. The van der Waals surface area contributed by atoms with Crippen molar-refractivity contribution < 1.29 is 14.4 Å². The van der Waals surface area contributed by atoms with Crippen LogP contribution >= 0.6 is 0 Å². The molecule has 0 spiro atoms. The number of nitrogens with one attached hydrogen (secondary N) is 1. The Bertz CT molecular complexity index is 970. The molecule has 1 saturated heterocycles. The lowest BCUT2D eigenvalue weighted by Crippen LogP contribution is -3.15. The van der Waals surface area contributed by atoms with Gasteiger partial charge in [0.15, 0.2) is 0 Å². The van der Waals surface area contributed by atoms with Gasteiger partial charge in [-0.25, -0.2) is 0 Å². The average Bonchev–Trinajstić information content (AvgIpc) is 2.84. The number of rotatable bonds is 6. The van der Waals surface area contributed by atoms with E-state index >= 15 is 0 Å². The Labute approximate surface area is 184 Å². The van der Waals surface area contributed by atoms with Gasteiger partial charge in [0, 0.05) is 22.8 Å². The quantitative estimate of drug-likeness (QED) is 0.630. The molecule has 1 N–H and O–H groups in total. The van der Waals surface area contributed by atoms with Crippen LogP contribution in [0.4, 0.5) is 0 Å². The van der Waals surface area contributed by atoms with E-state index in [0.717, 1.165) is 37.5 Å². The van der Waals surface area contributed by atoms with Crippen LogP contribution in [0.2, 0.25) is 0 Å². The molecule has 1 amide bonds. The number of hydrogen-bond acceptors (Lipinski definition) is 2. The summed E-state index contributed by atoms with van der Waals surface area (Å²) < 4.78 is 5.37. The number of methoxy groups -OCH3 is 1. The number of carbonyl (C=O) groups excluding carboxylic acids is 1. The van der Waals surface area contributed by atoms with Crippen LogP contribution in [0.15, 0.2) is 91.0 Å². The van der Waals surface area contributed by atoms with E-state index in [9.17, 15) is 4.79 Å². The van der Waals surface area contributed by atoms with Gasteiger partial charge in [-0.3, -0.25) is 4.79 Å². The first kappa shape index (κ1) is 20.9. The highest BCUT2D eigenvalue weighted by Crippen LogP contribution is 2.20. The van der Waals surface area contributed by atoms with Crippen molar-refractivity contribution in [3.63, 3.8) is 0 Å². The fraction of sp³-hybridized carbons (Fsp3) is 0.222. The predicted molar refractivity (Wildman–Crippen MR) is 124 cm³/mol. The van der Waals surface area contributed by atoms with Crippen LogP contribution in [0, 0.1) is 0 Å². The zero-order valence-corrected chi connectivity index (χ0v) is 17.9. The Kier molecular flexibility index (Phi) is 6.80. The molecular weight excluding hydrogens is 384 g/mol. The van der Waals surface area contributed by atoms with Gasteiger partial charge in [-0.2, -0.15) is 0 Å². The van der Waals surface area contributed by atoms with E-state index in [-0.39, 0.29) is 11.9 Å². The van der Waals surface area contributed by atoms with Gasteiger partial charge in [-0.15, -0.1) is 0 Å². The molecule has 31 heavy (non-hydrogen) atoms.